The number of benzene rings is 1. The molecular weight excluding hydrogens is 284 g/mol. The zero-order valence-corrected chi connectivity index (χ0v) is 10.3. The first kappa shape index (κ1) is 11.5. The van der Waals surface area contributed by atoms with E-state index < -0.39 is 0 Å². The van der Waals surface area contributed by atoms with E-state index in [-0.39, 0.29) is 5.91 Å². The molecule has 3 N–H and O–H groups in total. The molecule has 1 aromatic heterocycles. The lowest BCUT2D eigenvalue weighted by Gasteiger charge is -2.05. The van der Waals surface area contributed by atoms with Crippen LogP contribution >= 0.6 is 15.9 Å². The van der Waals surface area contributed by atoms with E-state index in [1.807, 2.05) is 0 Å². The largest absolute Gasteiger partial charge is 0.399 e. The monoisotopic (exact) mass is 292 g/mol. The summed E-state index contributed by atoms with van der Waals surface area (Å²) in [7, 11) is 0. The summed E-state index contributed by atoms with van der Waals surface area (Å²) in [4.78, 5) is 19.7. The van der Waals surface area contributed by atoms with Crippen LogP contribution < -0.4 is 11.1 Å². The molecule has 0 spiro atoms. The van der Waals surface area contributed by atoms with E-state index in [2.05, 4.69) is 31.2 Å². The van der Waals surface area contributed by atoms with Crippen LogP contribution in [0.3, 0.4) is 0 Å². The molecular formula is C11H9BrN4O. The van der Waals surface area contributed by atoms with Gasteiger partial charge in [-0.3, -0.25) is 9.78 Å². The number of aromatic nitrogens is 2. The van der Waals surface area contributed by atoms with Gasteiger partial charge in [0.1, 0.15) is 0 Å². The van der Waals surface area contributed by atoms with E-state index in [4.69, 9.17) is 5.73 Å². The second-order valence-electron chi connectivity index (χ2n) is 3.32. The van der Waals surface area contributed by atoms with Gasteiger partial charge in [0.2, 0.25) is 0 Å². The Kier molecular flexibility index (Phi) is 3.34. The van der Waals surface area contributed by atoms with Crippen LogP contribution in [0.15, 0.2) is 41.3 Å². The summed E-state index contributed by atoms with van der Waals surface area (Å²) >= 11 is 3.28. The smallest absolute Gasteiger partial charge is 0.256 e. The SMILES string of the molecule is Nc1cc(Br)cc(C(=O)Nc2cnccn2)c1. The number of halogens is 1. The third-order valence-electron chi connectivity index (χ3n) is 1.99. The fourth-order valence-electron chi connectivity index (χ4n) is 1.30. The molecule has 2 aromatic rings. The Hall–Kier alpha value is -1.95. The number of nitrogens with two attached hydrogens (primary N) is 1. The second-order valence-corrected chi connectivity index (χ2v) is 4.23. The molecule has 0 fully saturated rings. The summed E-state index contributed by atoms with van der Waals surface area (Å²) in [5, 5.41) is 2.62. The quantitative estimate of drug-likeness (QED) is 0.831. The number of hydrogen-bond acceptors (Lipinski definition) is 4. The third kappa shape index (κ3) is 3.01. The minimum atomic E-state index is -0.279. The van der Waals surface area contributed by atoms with E-state index >= 15 is 0 Å². The highest BCUT2D eigenvalue weighted by atomic mass is 79.9. The lowest BCUT2D eigenvalue weighted by molar-refractivity contribution is 0.102. The van der Waals surface area contributed by atoms with Crippen molar-refractivity contribution >= 4 is 33.3 Å². The molecule has 0 aliphatic heterocycles. The molecule has 86 valence electrons. The molecule has 0 bridgehead atoms. The van der Waals surface area contributed by atoms with Crippen LogP contribution in [-0.2, 0) is 0 Å². The maximum absolute atomic E-state index is 11.9. The van der Waals surface area contributed by atoms with Crippen molar-refractivity contribution in [1.82, 2.24) is 9.97 Å². The molecule has 1 heterocycles. The number of nitrogen functional groups attached to an aromatic ring is 1. The normalized spacial score (nSPS) is 9.94. The minimum absolute atomic E-state index is 0.279. The average Bonchev–Trinajstić information content (AvgIpc) is 2.29. The number of rotatable bonds is 2. The van der Waals surface area contributed by atoms with Gasteiger partial charge < -0.3 is 11.1 Å². The van der Waals surface area contributed by atoms with E-state index in [0.29, 0.717) is 17.1 Å². The van der Waals surface area contributed by atoms with E-state index in [1.165, 1.54) is 18.6 Å². The van der Waals surface area contributed by atoms with Gasteiger partial charge in [-0.25, -0.2) is 4.98 Å². The topological polar surface area (TPSA) is 80.9 Å². The molecule has 0 saturated carbocycles. The van der Waals surface area contributed by atoms with Crippen LogP contribution in [0.25, 0.3) is 0 Å². The zero-order chi connectivity index (χ0) is 12.3. The van der Waals surface area contributed by atoms with Crippen LogP contribution in [0.2, 0.25) is 0 Å². The maximum Gasteiger partial charge on any atom is 0.256 e. The molecule has 5 nitrogen and oxygen atoms in total. The fourth-order valence-corrected chi connectivity index (χ4v) is 1.81. The number of amides is 1. The van der Waals surface area contributed by atoms with Crippen molar-refractivity contribution in [2.24, 2.45) is 0 Å². The molecule has 6 heteroatoms. The summed E-state index contributed by atoms with van der Waals surface area (Å²) < 4.78 is 0.752. The van der Waals surface area contributed by atoms with Crippen molar-refractivity contribution in [2.45, 2.75) is 0 Å². The summed E-state index contributed by atoms with van der Waals surface area (Å²) in [5.41, 5.74) is 6.63. The van der Waals surface area contributed by atoms with E-state index in [9.17, 15) is 4.79 Å². The van der Waals surface area contributed by atoms with Crippen molar-refractivity contribution in [3.05, 3.63) is 46.8 Å². The Morgan fingerprint density at radius 1 is 1.29 bits per heavy atom. The molecule has 17 heavy (non-hydrogen) atoms. The molecule has 0 radical (unpaired) electrons. The van der Waals surface area contributed by atoms with Crippen molar-refractivity contribution in [3.63, 3.8) is 0 Å². The highest BCUT2D eigenvalue weighted by Crippen LogP contribution is 2.18. The predicted octanol–water partition coefficient (Wildman–Crippen LogP) is 2.07. The second kappa shape index (κ2) is 4.92. The fraction of sp³-hybridized carbons (Fsp3) is 0. The lowest BCUT2D eigenvalue weighted by Crippen LogP contribution is -2.13. The van der Waals surface area contributed by atoms with Gasteiger partial charge in [-0.05, 0) is 18.2 Å². The number of hydrogen-bond donors (Lipinski definition) is 2. The maximum atomic E-state index is 11.9. The molecule has 1 amide bonds. The first-order valence-electron chi connectivity index (χ1n) is 4.78. The van der Waals surface area contributed by atoms with Crippen LogP contribution in [0.5, 0.6) is 0 Å². The van der Waals surface area contributed by atoms with Crippen molar-refractivity contribution in [1.29, 1.82) is 0 Å². The van der Waals surface area contributed by atoms with Crippen molar-refractivity contribution in [3.8, 4) is 0 Å². The Balaban J connectivity index is 2.20. The van der Waals surface area contributed by atoms with E-state index in [1.54, 1.807) is 18.2 Å². The molecule has 0 aliphatic rings. The van der Waals surface area contributed by atoms with Crippen LogP contribution in [0, 0.1) is 0 Å². The standard InChI is InChI=1S/C11H9BrN4O/c12-8-3-7(4-9(13)5-8)11(17)16-10-6-14-1-2-15-10/h1-6H,13H2,(H,15,16,17). The Labute approximate surface area is 106 Å². The average molecular weight is 293 g/mol. The van der Waals surface area contributed by atoms with Crippen LogP contribution in [-0.4, -0.2) is 15.9 Å². The van der Waals surface area contributed by atoms with Gasteiger partial charge in [-0.1, -0.05) is 15.9 Å². The summed E-state index contributed by atoms with van der Waals surface area (Å²) in [6, 6.07) is 5.00. The predicted molar refractivity (Wildman–Crippen MR) is 68.5 cm³/mol. The molecule has 1 aromatic carbocycles. The van der Waals surface area contributed by atoms with Crippen LogP contribution in [0.1, 0.15) is 10.4 Å². The van der Waals surface area contributed by atoms with Gasteiger partial charge >= 0.3 is 0 Å². The molecule has 2 rings (SSSR count). The number of anilines is 2. The highest BCUT2D eigenvalue weighted by molar-refractivity contribution is 9.10. The summed E-state index contributed by atoms with van der Waals surface area (Å²) in [5.74, 6) is 0.120. The van der Waals surface area contributed by atoms with Gasteiger partial charge in [-0.2, -0.15) is 0 Å². The van der Waals surface area contributed by atoms with Crippen molar-refractivity contribution in [2.75, 3.05) is 11.1 Å². The zero-order valence-electron chi connectivity index (χ0n) is 8.72. The third-order valence-corrected chi connectivity index (χ3v) is 2.44. The summed E-state index contributed by atoms with van der Waals surface area (Å²) in [6.07, 6.45) is 4.51. The Morgan fingerprint density at radius 3 is 2.76 bits per heavy atom. The first-order valence-corrected chi connectivity index (χ1v) is 5.58. The van der Waals surface area contributed by atoms with Gasteiger partial charge in [0.15, 0.2) is 5.82 Å². The highest BCUT2D eigenvalue weighted by Gasteiger charge is 2.08. The molecule has 0 unspecified atom stereocenters. The Bertz CT molecular complexity index is 524. The number of nitrogens with one attached hydrogen (secondary N) is 1. The summed E-state index contributed by atoms with van der Waals surface area (Å²) in [6.45, 7) is 0. The molecule has 0 atom stereocenters. The van der Waals surface area contributed by atoms with Gasteiger partial charge in [0.05, 0.1) is 6.20 Å². The van der Waals surface area contributed by atoms with Crippen LogP contribution in [0.4, 0.5) is 11.5 Å². The van der Waals surface area contributed by atoms with Gasteiger partial charge in [-0.15, -0.1) is 0 Å². The number of nitrogens with zero attached hydrogens (tertiary/aromatic N) is 2. The molecule has 0 aliphatic carbocycles. The van der Waals surface area contributed by atoms with E-state index in [0.717, 1.165) is 4.47 Å². The van der Waals surface area contributed by atoms with Gasteiger partial charge in [0.25, 0.3) is 5.91 Å². The lowest BCUT2D eigenvalue weighted by atomic mass is 10.2. The number of carbonyl (C=O) groups is 1. The number of carbonyl (C=O) groups excluding carboxylic acids is 1. The molecule has 0 saturated heterocycles. The van der Waals surface area contributed by atoms with Gasteiger partial charge in [0, 0.05) is 28.1 Å². The van der Waals surface area contributed by atoms with Crippen molar-refractivity contribution < 1.29 is 4.79 Å². The first-order chi connectivity index (χ1) is 8.15. The Morgan fingerprint density at radius 2 is 2.12 bits per heavy atom. The minimum Gasteiger partial charge on any atom is -0.399 e.